The Kier molecular flexibility index (Phi) is 2.73. The number of aromatic nitrogens is 4. The SMILES string of the molecule is Nc1nc(N)c2ncn([C@H]3C[C@H](N)[C@@H](CO)O3)c2n1. The summed E-state index contributed by atoms with van der Waals surface area (Å²) in [7, 11) is 0. The molecule has 0 aromatic carbocycles. The Morgan fingerprint density at radius 2 is 2.21 bits per heavy atom. The average Bonchev–Trinajstić information content (AvgIpc) is 2.92. The summed E-state index contributed by atoms with van der Waals surface area (Å²) in [5.74, 6) is 0.301. The van der Waals surface area contributed by atoms with E-state index in [2.05, 4.69) is 15.0 Å². The van der Waals surface area contributed by atoms with Gasteiger partial charge in [-0.15, -0.1) is 0 Å². The van der Waals surface area contributed by atoms with Crippen molar-refractivity contribution in [1.29, 1.82) is 0 Å². The third kappa shape index (κ3) is 1.87. The number of hydrogen-bond acceptors (Lipinski definition) is 8. The van der Waals surface area contributed by atoms with Crippen molar-refractivity contribution >= 4 is 22.9 Å². The van der Waals surface area contributed by atoms with Crippen LogP contribution < -0.4 is 17.2 Å². The summed E-state index contributed by atoms with van der Waals surface area (Å²) in [6, 6.07) is -0.232. The number of rotatable bonds is 2. The number of nitrogens with two attached hydrogens (primary N) is 3. The predicted octanol–water partition coefficient (Wildman–Crippen LogP) is -1.40. The average molecular weight is 265 g/mol. The summed E-state index contributed by atoms with van der Waals surface area (Å²) in [5, 5.41) is 9.16. The first-order valence-corrected chi connectivity index (χ1v) is 5.87. The summed E-state index contributed by atoms with van der Waals surface area (Å²) in [4.78, 5) is 12.1. The maximum Gasteiger partial charge on any atom is 0.224 e. The predicted molar refractivity (Wildman–Crippen MR) is 67.7 cm³/mol. The van der Waals surface area contributed by atoms with Crippen LogP contribution >= 0.6 is 0 Å². The van der Waals surface area contributed by atoms with Crippen LogP contribution in [0.5, 0.6) is 0 Å². The molecule has 9 nitrogen and oxygen atoms in total. The molecular formula is C10H15N7O2. The van der Waals surface area contributed by atoms with Crippen LogP contribution in [0.25, 0.3) is 11.2 Å². The Morgan fingerprint density at radius 1 is 1.42 bits per heavy atom. The summed E-state index contributed by atoms with van der Waals surface area (Å²) in [6.07, 6.45) is 1.39. The van der Waals surface area contributed by atoms with Gasteiger partial charge < -0.3 is 27.0 Å². The van der Waals surface area contributed by atoms with Gasteiger partial charge in [-0.3, -0.25) is 4.57 Å². The van der Waals surface area contributed by atoms with Gasteiger partial charge >= 0.3 is 0 Å². The number of imidazole rings is 1. The van der Waals surface area contributed by atoms with Gasteiger partial charge in [-0.1, -0.05) is 0 Å². The molecule has 2 aromatic heterocycles. The lowest BCUT2D eigenvalue weighted by molar-refractivity contribution is -0.0233. The standard InChI is InChI=1S/C10H15N7O2/c11-4-1-6(19-5(4)2-18)17-3-14-7-8(12)15-10(13)16-9(7)17/h3-6,18H,1-2,11H2,(H4,12,13,15,16)/t4-,5+,6+/m0/s1. The number of fused-ring (bicyclic) bond motifs is 1. The van der Waals surface area contributed by atoms with E-state index in [9.17, 15) is 0 Å². The maximum absolute atomic E-state index is 9.16. The molecule has 0 spiro atoms. The number of nitrogens with zero attached hydrogens (tertiary/aromatic N) is 4. The first-order chi connectivity index (χ1) is 9.10. The van der Waals surface area contributed by atoms with Crippen molar-refractivity contribution in [2.45, 2.75) is 24.8 Å². The normalized spacial score (nSPS) is 27.2. The fraction of sp³-hybridized carbons (Fsp3) is 0.500. The molecule has 1 aliphatic heterocycles. The molecule has 102 valence electrons. The fourth-order valence-electron chi connectivity index (χ4n) is 2.27. The van der Waals surface area contributed by atoms with Crippen LogP contribution in [-0.2, 0) is 4.74 Å². The summed E-state index contributed by atoms with van der Waals surface area (Å²) < 4.78 is 7.37. The highest BCUT2D eigenvalue weighted by Crippen LogP contribution is 2.30. The van der Waals surface area contributed by atoms with Crippen LogP contribution in [0, 0.1) is 0 Å². The van der Waals surface area contributed by atoms with Crippen molar-refractivity contribution in [2.24, 2.45) is 5.73 Å². The molecule has 3 rings (SSSR count). The van der Waals surface area contributed by atoms with Crippen LogP contribution in [0.3, 0.4) is 0 Å². The first-order valence-electron chi connectivity index (χ1n) is 5.87. The van der Waals surface area contributed by atoms with Gasteiger partial charge in [-0.25, -0.2) is 4.98 Å². The number of aliphatic hydroxyl groups is 1. The van der Waals surface area contributed by atoms with E-state index in [4.69, 9.17) is 27.0 Å². The van der Waals surface area contributed by atoms with Gasteiger partial charge in [0.25, 0.3) is 0 Å². The highest BCUT2D eigenvalue weighted by atomic mass is 16.5. The largest absolute Gasteiger partial charge is 0.394 e. The van der Waals surface area contributed by atoms with Crippen molar-refractivity contribution in [3.8, 4) is 0 Å². The number of ether oxygens (including phenoxy) is 1. The molecule has 2 aromatic rings. The topological polar surface area (TPSA) is 151 Å². The Morgan fingerprint density at radius 3 is 2.89 bits per heavy atom. The number of anilines is 2. The van der Waals surface area contributed by atoms with Gasteiger partial charge in [-0.05, 0) is 0 Å². The molecule has 0 amide bonds. The Balaban J connectivity index is 2.02. The minimum atomic E-state index is -0.390. The van der Waals surface area contributed by atoms with Gasteiger partial charge in [0.05, 0.1) is 19.0 Å². The second-order valence-electron chi connectivity index (χ2n) is 4.50. The van der Waals surface area contributed by atoms with E-state index in [0.29, 0.717) is 17.6 Å². The maximum atomic E-state index is 9.16. The van der Waals surface area contributed by atoms with Crippen molar-refractivity contribution in [3.05, 3.63) is 6.33 Å². The number of nitrogen functional groups attached to an aromatic ring is 2. The minimum Gasteiger partial charge on any atom is -0.394 e. The molecule has 3 atom stereocenters. The second-order valence-corrected chi connectivity index (χ2v) is 4.50. The zero-order valence-corrected chi connectivity index (χ0v) is 10.1. The molecule has 9 heteroatoms. The quantitative estimate of drug-likeness (QED) is 0.517. The van der Waals surface area contributed by atoms with Gasteiger partial charge in [0.1, 0.15) is 11.7 Å². The van der Waals surface area contributed by atoms with E-state index >= 15 is 0 Å². The van der Waals surface area contributed by atoms with Crippen LogP contribution in [0.1, 0.15) is 12.6 Å². The molecule has 0 radical (unpaired) electrons. The van der Waals surface area contributed by atoms with E-state index < -0.39 is 0 Å². The van der Waals surface area contributed by atoms with Crippen molar-refractivity contribution in [1.82, 2.24) is 19.5 Å². The molecular weight excluding hydrogens is 250 g/mol. The molecule has 0 aliphatic carbocycles. The highest BCUT2D eigenvalue weighted by molar-refractivity contribution is 5.82. The fourth-order valence-corrected chi connectivity index (χ4v) is 2.27. The number of hydrogen-bond donors (Lipinski definition) is 4. The molecule has 1 saturated heterocycles. The van der Waals surface area contributed by atoms with Crippen LogP contribution in [0.2, 0.25) is 0 Å². The Labute approximate surface area is 108 Å². The van der Waals surface area contributed by atoms with Crippen LogP contribution in [0.15, 0.2) is 6.33 Å². The first kappa shape index (κ1) is 12.1. The lowest BCUT2D eigenvalue weighted by atomic mass is 10.1. The molecule has 3 heterocycles. The highest BCUT2D eigenvalue weighted by Gasteiger charge is 2.34. The van der Waals surface area contributed by atoms with Gasteiger partial charge in [0, 0.05) is 12.5 Å². The van der Waals surface area contributed by atoms with Crippen molar-refractivity contribution < 1.29 is 9.84 Å². The second kappa shape index (κ2) is 4.30. The molecule has 7 N–H and O–H groups in total. The molecule has 19 heavy (non-hydrogen) atoms. The summed E-state index contributed by atoms with van der Waals surface area (Å²) in [5.41, 5.74) is 18.2. The number of aliphatic hydroxyl groups excluding tert-OH is 1. The van der Waals surface area contributed by atoms with E-state index in [1.54, 1.807) is 10.9 Å². The zero-order chi connectivity index (χ0) is 13.6. The third-order valence-electron chi connectivity index (χ3n) is 3.24. The molecule has 1 aliphatic rings. The molecule has 0 unspecified atom stereocenters. The summed E-state index contributed by atoms with van der Waals surface area (Å²) >= 11 is 0. The smallest absolute Gasteiger partial charge is 0.224 e. The lowest BCUT2D eigenvalue weighted by Gasteiger charge is -2.13. The van der Waals surface area contributed by atoms with Gasteiger partial charge in [0.15, 0.2) is 11.5 Å². The Bertz CT molecular complexity index is 613. The Hall–Kier alpha value is -1.97. The van der Waals surface area contributed by atoms with Crippen molar-refractivity contribution in [2.75, 3.05) is 18.1 Å². The molecule has 1 fully saturated rings. The van der Waals surface area contributed by atoms with Crippen LogP contribution in [-0.4, -0.2) is 43.4 Å². The van der Waals surface area contributed by atoms with Gasteiger partial charge in [0.2, 0.25) is 5.95 Å². The lowest BCUT2D eigenvalue weighted by Crippen LogP contribution is -2.32. The van der Waals surface area contributed by atoms with Crippen molar-refractivity contribution in [3.63, 3.8) is 0 Å². The van der Waals surface area contributed by atoms with Gasteiger partial charge in [-0.2, -0.15) is 9.97 Å². The minimum absolute atomic E-state index is 0.0766. The molecule has 0 saturated carbocycles. The van der Waals surface area contributed by atoms with E-state index in [1.165, 1.54) is 0 Å². The third-order valence-corrected chi connectivity index (χ3v) is 3.24. The van der Waals surface area contributed by atoms with E-state index in [-0.39, 0.29) is 36.7 Å². The van der Waals surface area contributed by atoms with Crippen LogP contribution in [0.4, 0.5) is 11.8 Å². The summed E-state index contributed by atoms with van der Waals surface area (Å²) in [6.45, 7) is -0.121. The molecule has 0 bridgehead atoms. The van der Waals surface area contributed by atoms with E-state index in [0.717, 1.165) is 0 Å². The zero-order valence-electron chi connectivity index (χ0n) is 10.1. The van der Waals surface area contributed by atoms with E-state index in [1.807, 2.05) is 0 Å². The monoisotopic (exact) mass is 265 g/mol.